The van der Waals surface area contributed by atoms with Crippen molar-refractivity contribution in [2.75, 3.05) is 13.1 Å². The molecule has 0 fully saturated rings. The second-order valence-corrected chi connectivity index (χ2v) is 4.94. The van der Waals surface area contributed by atoms with Crippen LogP contribution in [-0.2, 0) is 19.2 Å². The van der Waals surface area contributed by atoms with Crippen molar-refractivity contribution in [2.45, 2.75) is 13.8 Å². The molecule has 0 aliphatic carbocycles. The minimum absolute atomic E-state index is 0.207. The van der Waals surface area contributed by atoms with Gasteiger partial charge in [-0.15, -0.1) is 0 Å². The fourth-order valence-electron chi connectivity index (χ4n) is 1.13. The lowest BCUT2D eigenvalue weighted by Gasteiger charge is -2.24. The third kappa shape index (κ3) is 10.9. The predicted octanol–water partition coefficient (Wildman–Crippen LogP) is -0.473. The first kappa shape index (κ1) is 18.4. The van der Waals surface area contributed by atoms with E-state index in [1.807, 2.05) is 0 Å². The highest BCUT2D eigenvalue weighted by molar-refractivity contribution is 5.94. The molecule has 116 valence electrons. The molecule has 0 aliphatic heterocycles. The van der Waals surface area contributed by atoms with E-state index in [2.05, 4.69) is 10.6 Å². The van der Waals surface area contributed by atoms with Gasteiger partial charge in [-0.3, -0.25) is 9.59 Å². The molecule has 0 heterocycles. The van der Waals surface area contributed by atoms with Crippen LogP contribution in [0.2, 0.25) is 0 Å². The number of hydrogen-bond donors (Lipinski definition) is 4. The highest BCUT2D eigenvalue weighted by Gasteiger charge is 2.19. The first-order valence-electron chi connectivity index (χ1n) is 6.00. The van der Waals surface area contributed by atoms with E-state index in [4.69, 9.17) is 10.2 Å². The molecule has 0 atom stereocenters. The first-order valence-corrected chi connectivity index (χ1v) is 6.00. The van der Waals surface area contributed by atoms with Crippen LogP contribution in [0.4, 0.5) is 0 Å². The third-order valence-corrected chi connectivity index (χ3v) is 2.24. The molecule has 0 spiro atoms. The maximum absolute atomic E-state index is 11.3. The molecule has 4 N–H and O–H groups in total. The molecule has 8 heteroatoms. The van der Waals surface area contributed by atoms with Crippen molar-refractivity contribution in [3.05, 3.63) is 24.3 Å². The molecule has 2 amide bonds. The lowest BCUT2D eigenvalue weighted by molar-refractivity contribution is -0.132. The largest absolute Gasteiger partial charge is 0.478 e. The summed E-state index contributed by atoms with van der Waals surface area (Å²) in [6.07, 6.45) is 3.24. The Morgan fingerprint density at radius 1 is 0.810 bits per heavy atom. The molecule has 0 bridgehead atoms. The summed E-state index contributed by atoms with van der Waals surface area (Å²) in [5, 5.41) is 21.7. The quantitative estimate of drug-likeness (QED) is 0.448. The maximum atomic E-state index is 11.3. The molecule has 0 rings (SSSR count). The van der Waals surface area contributed by atoms with Gasteiger partial charge in [0.2, 0.25) is 11.8 Å². The highest BCUT2D eigenvalue weighted by Crippen LogP contribution is 2.11. The SMILES string of the molecule is CC(C)(CNC(=O)/C=C/C(=O)O)CNC(=O)/C=C/C(=O)O. The van der Waals surface area contributed by atoms with Gasteiger partial charge in [-0.1, -0.05) is 13.8 Å². The van der Waals surface area contributed by atoms with Gasteiger partial charge in [-0.05, 0) is 5.41 Å². The number of rotatable bonds is 8. The van der Waals surface area contributed by atoms with Gasteiger partial charge in [0, 0.05) is 37.4 Å². The fourth-order valence-corrected chi connectivity index (χ4v) is 1.13. The van der Waals surface area contributed by atoms with Crippen LogP contribution >= 0.6 is 0 Å². The average Bonchev–Trinajstić information content (AvgIpc) is 2.38. The minimum Gasteiger partial charge on any atom is -0.478 e. The van der Waals surface area contributed by atoms with E-state index in [-0.39, 0.29) is 13.1 Å². The topological polar surface area (TPSA) is 133 Å². The van der Waals surface area contributed by atoms with Gasteiger partial charge >= 0.3 is 11.9 Å². The van der Waals surface area contributed by atoms with E-state index in [9.17, 15) is 19.2 Å². The molecule has 0 aromatic carbocycles. The van der Waals surface area contributed by atoms with Crippen LogP contribution in [0, 0.1) is 5.41 Å². The first-order chi connectivity index (χ1) is 9.62. The molecule has 0 radical (unpaired) electrons. The second-order valence-electron chi connectivity index (χ2n) is 4.94. The molecule has 0 aromatic rings. The molecular formula is C13H18N2O6. The van der Waals surface area contributed by atoms with Crippen molar-refractivity contribution in [3.63, 3.8) is 0 Å². The van der Waals surface area contributed by atoms with Crippen molar-refractivity contribution in [3.8, 4) is 0 Å². The number of hydrogen-bond acceptors (Lipinski definition) is 4. The zero-order chi connectivity index (χ0) is 16.5. The summed E-state index contributed by atoms with van der Waals surface area (Å²) >= 11 is 0. The third-order valence-electron chi connectivity index (χ3n) is 2.24. The van der Waals surface area contributed by atoms with E-state index in [1.54, 1.807) is 13.8 Å². The molecule has 8 nitrogen and oxygen atoms in total. The summed E-state index contributed by atoms with van der Waals surface area (Å²) in [6, 6.07) is 0. The van der Waals surface area contributed by atoms with Crippen molar-refractivity contribution in [2.24, 2.45) is 5.41 Å². The molecule has 0 unspecified atom stereocenters. The van der Waals surface area contributed by atoms with Crippen molar-refractivity contribution < 1.29 is 29.4 Å². The van der Waals surface area contributed by atoms with E-state index in [0.717, 1.165) is 24.3 Å². The molecule has 0 saturated heterocycles. The molecular weight excluding hydrogens is 280 g/mol. The lowest BCUT2D eigenvalue weighted by Crippen LogP contribution is -2.41. The number of carboxylic acids is 2. The maximum Gasteiger partial charge on any atom is 0.328 e. The van der Waals surface area contributed by atoms with Crippen LogP contribution in [0.1, 0.15) is 13.8 Å². The summed E-state index contributed by atoms with van der Waals surface area (Å²) in [7, 11) is 0. The zero-order valence-corrected chi connectivity index (χ0v) is 11.8. The standard InChI is InChI=1S/C13H18N2O6/c1-13(2,7-14-9(16)3-5-11(18)19)8-15-10(17)4-6-12(20)21/h3-6H,7-8H2,1-2H3,(H,14,16)(H,15,17)(H,18,19)(H,20,21)/b5-3+,6-4+. The minimum atomic E-state index is -1.22. The Bertz CT molecular complexity index is 437. The highest BCUT2D eigenvalue weighted by atomic mass is 16.4. The van der Waals surface area contributed by atoms with Crippen LogP contribution in [0.5, 0.6) is 0 Å². The summed E-state index contributed by atoms with van der Waals surface area (Å²) in [5.41, 5.74) is -0.487. The number of carbonyl (C=O) groups excluding carboxylic acids is 2. The number of amides is 2. The van der Waals surface area contributed by atoms with Crippen LogP contribution in [-0.4, -0.2) is 47.1 Å². The van der Waals surface area contributed by atoms with Crippen LogP contribution in [0.25, 0.3) is 0 Å². The number of carboxylic acid groups (broad SMARTS) is 2. The van der Waals surface area contributed by atoms with E-state index in [0.29, 0.717) is 0 Å². The number of aliphatic carboxylic acids is 2. The van der Waals surface area contributed by atoms with Crippen LogP contribution in [0.3, 0.4) is 0 Å². The van der Waals surface area contributed by atoms with Gasteiger partial charge in [-0.25, -0.2) is 9.59 Å². The zero-order valence-electron chi connectivity index (χ0n) is 11.8. The summed E-state index contributed by atoms with van der Waals surface area (Å²) in [5.74, 6) is -3.55. The van der Waals surface area contributed by atoms with Gasteiger partial charge in [0.15, 0.2) is 0 Å². The Morgan fingerprint density at radius 2 is 1.14 bits per heavy atom. The summed E-state index contributed by atoms with van der Waals surface area (Å²) in [4.78, 5) is 43.0. The van der Waals surface area contributed by atoms with Crippen LogP contribution < -0.4 is 10.6 Å². The Hall–Kier alpha value is -2.64. The lowest BCUT2D eigenvalue weighted by atomic mass is 9.93. The molecule has 0 aromatic heterocycles. The van der Waals surface area contributed by atoms with Crippen molar-refractivity contribution >= 4 is 23.8 Å². The smallest absolute Gasteiger partial charge is 0.328 e. The Kier molecular flexibility index (Phi) is 7.44. The van der Waals surface area contributed by atoms with Gasteiger partial charge in [0.05, 0.1) is 0 Å². The number of nitrogens with one attached hydrogen (secondary N) is 2. The van der Waals surface area contributed by atoms with E-state index < -0.39 is 29.2 Å². The van der Waals surface area contributed by atoms with Crippen LogP contribution in [0.15, 0.2) is 24.3 Å². The Labute approximate surface area is 121 Å². The Morgan fingerprint density at radius 3 is 1.43 bits per heavy atom. The Balaban J connectivity index is 4.20. The fraction of sp³-hybridized carbons (Fsp3) is 0.385. The van der Waals surface area contributed by atoms with E-state index >= 15 is 0 Å². The number of carbonyl (C=O) groups is 4. The van der Waals surface area contributed by atoms with Crippen molar-refractivity contribution in [1.29, 1.82) is 0 Å². The average molecular weight is 298 g/mol. The molecule has 0 aliphatic rings. The molecule has 21 heavy (non-hydrogen) atoms. The summed E-state index contributed by atoms with van der Waals surface area (Å²) in [6.45, 7) is 3.96. The van der Waals surface area contributed by atoms with Gasteiger partial charge in [0.1, 0.15) is 0 Å². The summed E-state index contributed by atoms with van der Waals surface area (Å²) < 4.78 is 0. The van der Waals surface area contributed by atoms with E-state index in [1.165, 1.54) is 0 Å². The predicted molar refractivity (Wildman–Crippen MR) is 73.4 cm³/mol. The second kappa shape index (κ2) is 8.51. The van der Waals surface area contributed by atoms with Gasteiger partial charge < -0.3 is 20.8 Å². The normalized spacial score (nSPS) is 11.5. The molecule has 0 saturated carbocycles. The van der Waals surface area contributed by atoms with Gasteiger partial charge in [-0.2, -0.15) is 0 Å². The van der Waals surface area contributed by atoms with Gasteiger partial charge in [0.25, 0.3) is 0 Å². The monoisotopic (exact) mass is 298 g/mol. The van der Waals surface area contributed by atoms with Crippen molar-refractivity contribution in [1.82, 2.24) is 10.6 Å².